The number of nitrogens with zero attached hydrogens (tertiary/aromatic N) is 5. The normalized spacial score (nSPS) is 20.3. The summed E-state index contributed by atoms with van der Waals surface area (Å²) in [5.74, 6) is 1.49. The van der Waals surface area contributed by atoms with Gasteiger partial charge in [0.1, 0.15) is 0 Å². The maximum absolute atomic E-state index is 12.3. The van der Waals surface area contributed by atoms with E-state index >= 15 is 0 Å². The average molecular weight is 364 g/mol. The third-order valence-electron chi connectivity index (χ3n) is 5.07. The number of carbonyl (C=O) groups is 2. The van der Waals surface area contributed by atoms with E-state index in [4.69, 9.17) is 4.52 Å². The lowest BCUT2D eigenvalue weighted by atomic mass is 10.1. The fraction of sp³-hybridized carbons (Fsp3) is 0.765. The fourth-order valence-corrected chi connectivity index (χ4v) is 3.52. The minimum Gasteiger partial charge on any atom is -0.352 e. The third kappa shape index (κ3) is 5.25. The molecule has 3 heterocycles. The highest BCUT2D eigenvalue weighted by atomic mass is 16.5. The van der Waals surface area contributed by atoms with Gasteiger partial charge < -0.3 is 14.7 Å². The van der Waals surface area contributed by atoms with Crippen molar-refractivity contribution < 1.29 is 14.1 Å². The Morgan fingerprint density at radius 3 is 2.35 bits per heavy atom. The van der Waals surface area contributed by atoms with Gasteiger partial charge in [-0.25, -0.2) is 0 Å². The van der Waals surface area contributed by atoms with Crippen LogP contribution in [0.5, 0.6) is 0 Å². The molecule has 0 atom stereocenters. The zero-order valence-electron chi connectivity index (χ0n) is 15.6. The van der Waals surface area contributed by atoms with Gasteiger partial charge in [-0.3, -0.25) is 19.4 Å². The Bertz CT molecular complexity index is 618. The van der Waals surface area contributed by atoms with Gasteiger partial charge in [-0.1, -0.05) is 5.16 Å². The van der Waals surface area contributed by atoms with Crippen LogP contribution in [0.2, 0.25) is 0 Å². The van der Waals surface area contributed by atoms with Gasteiger partial charge in [0.2, 0.25) is 17.7 Å². The van der Waals surface area contributed by atoms with Crippen molar-refractivity contribution in [3.8, 4) is 0 Å². The molecule has 2 amide bonds. The highest BCUT2D eigenvalue weighted by Crippen LogP contribution is 2.11. The molecular weight excluding hydrogens is 336 g/mol. The van der Waals surface area contributed by atoms with E-state index in [2.05, 4.69) is 25.3 Å². The van der Waals surface area contributed by atoms with Gasteiger partial charge in [0.15, 0.2) is 5.82 Å². The molecule has 2 saturated heterocycles. The first-order valence-corrected chi connectivity index (χ1v) is 9.28. The molecule has 0 spiro atoms. The second-order valence-electron chi connectivity index (χ2n) is 7.14. The second-order valence-corrected chi connectivity index (χ2v) is 7.14. The van der Waals surface area contributed by atoms with E-state index in [1.54, 1.807) is 6.92 Å². The molecule has 1 aromatic heterocycles. The summed E-state index contributed by atoms with van der Waals surface area (Å²) in [6.07, 6.45) is 1.67. The molecule has 26 heavy (non-hydrogen) atoms. The first kappa shape index (κ1) is 18.8. The lowest BCUT2D eigenvalue weighted by Gasteiger charge is -2.35. The minimum atomic E-state index is 0.0762. The van der Waals surface area contributed by atoms with E-state index in [0.29, 0.717) is 24.8 Å². The van der Waals surface area contributed by atoms with E-state index in [1.807, 2.05) is 11.8 Å². The molecule has 9 heteroatoms. The van der Waals surface area contributed by atoms with E-state index in [0.717, 1.165) is 52.1 Å². The number of aromatic nitrogens is 2. The van der Waals surface area contributed by atoms with Crippen molar-refractivity contribution in [2.45, 2.75) is 39.3 Å². The number of nitrogens with one attached hydrogen (secondary N) is 1. The van der Waals surface area contributed by atoms with Gasteiger partial charge >= 0.3 is 0 Å². The highest BCUT2D eigenvalue weighted by Gasteiger charge is 2.24. The molecule has 0 radical (unpaired) electrons. The molecule has 1 aromatic rings. The zero-order valence-corrected chi connectivity index (χ0v) is 15.6. The predicted octanol–water partition coefficient (Wildman–Crippen LogP) is -0.377. The van der Waals surface area contributed by atoms with E-state index in [-0.39, 0.29) is 17.9 Å². The molecule has 0 aliphatic carbocycles. The molecule has 1 N–H and O–H groups in total. The van der Waals surface area contributed by atoms with Gasteiger partial charge in [0.25, 0.3) is 0 Å². The minimum absolute atomic E-state index is 0.0762. The molecule has 3 rings (SSSR count). The summed E-state index contributed by atoms with van der Waals surface area (Å²) in [6.45, 7) is 9.42. The van der Waals surface area contributed by atoms with E-state index < -0.39 is 0 Å². The molecule has 0 aromatic carbocycles. The van der Waals surface area contributed by atoms with Gasteiger partial charge in [-0.05, 0) is 19.8 Å². The van der Waals surface area contributed by atoms with Gasteiger partial charge in [0.05, 0.1) is 13.1 Å². The van der Waals surface area contributed by atoms with Crippen LogP contribution >= 0.6 is 0 Å². The number of carbonyl (C=O) groups excluding carboxylic acids is 2. The van der Waals surface area contributed by atoms with Crippen LogP contribution < -0.4 is 5.32 Å². The van der Waals surface area contributed by atoms with Crippen molar-refractivity contribution in [1.82, 2.24) is 30.2 Å². The molecule has 0 bridgehead atoms. The number of amides is 2. The molecule has 0 saturated carbocycles. The zero-order chi connectivity index (χ0) is 18.5. The van der Waals surface area contributed by atoms with Crippen LogP contribution in [-0.4, -0.2) is 88.5 Å². The summed E-state index contributed by atoms with van der Waals surface area (Å²) in [5, 5.41) is 6.92. The van der Waals surface area contributed by atoms with Crippen LogP contribution in [0.3, 0.4) is 0 Å². The first-order valence-electron chi connectivity index (χ1n) is 9.28. The summed E-state index contributed by atoms with van der Waals surface area (Å²) < 4.78 is 5.16. The number of likely N-dealkylation sites (tertiary alicyclic amines) is 1. The van der Waals surface area contributed by atoms with Crippen molar-refractivity contribution in [3.63, 3.8) is 0 Å². The van der Waals surface area contributed by atoms with Crippen LogP contribution in [0.1, 0.15) is 31.5 Å². The molecule has 144 valence electrons. The van der Waals surface area contributed by atoms with Gasteiger partial charge in [0, 0.05) is 52.2 Å². The number of aryl methyl sites for hydroxylation is 1. The van der Waals surface area contributed by atoms with E-state index in [1.165, 1.54) is 0 Å². The topological polar surface area (TPSA) is 94.8 Å². The Balaban J connectivity index is 1.34. The SMILES string of the molecule is CC(=O)N1CCC(NC(=O)CN2CCN(Cc3nc(C)no3)CC2)CC1. The predicted molar refractivity (Wildman–Crippen MR) is 94.2 cm³/mol. The largest absolute Gasteiger partial charge is 0.352 e. The number of hydrogen-bond acceptors (Lipinski definition) is 7. The van der Waals surface area contributed by atoms with Crippen LogP contribution in [0.4, 0.5) is 0 Å². The molecule has 2 aliphatic heterocycles. The van der Waals surface area contributed by atoms with Gasteiger partial charge in [-0.15, -0.1) is 0 Å². The third-order valence-corrected chi connectivity index (χ3v) is 5.07. The van der Waals surface area contributed by atoms with Crippen molar-refractivity contribution in [1.29, 1.82) is 0 Å². The van der Waals surface area contributed by atoms with Crippen molar-refractivity contribution in [2.75, 3.05) is 45.8 Å². The Morgan fingerprint density at radius 2 is 1.77 bits per heavy atom. The first-order chi connectivity index (χ1) is 12.5. The maximum atomic E-state index is 12.3. The van der Waals surface area contributed by atoms with Gasteiger partial charge in [-0.2, -0.15) is 4.98 Å². The Hall–Kier alpha value is -2.00. The van der Waals surface area contributed by atoms with E-state index in [9.17, 15) is 9.59 Å². The number of piperazine rings is 1. The number of piperidine rings is 1. The Kier molecular flexibility index (Phi) is 6.20. The maximum Gasteiger partial charge on any atom is 0.240 e. The molecule has 2 aliphatic rings. The summed E-state index contributed by atoms with van der Waals surface area (Å²) in [5.41, 5.74) is 0. The molecule has 9 nitrogen and oxygen atoms in total. The summed E-state index contributed by atoms with van der Waals surface area (Å²) in [6, 6.07) is 0.181. The van der Waals surface area contributed by atoms with Crippen LogP contribution in [-0.2, 0) is 16.1 Å². The monoisotopic (exact) mass is 364 g/mol. The summed E-state index contributed by atoms with van der Waals surface area (Å²) in [7, 11) is 0. The number of hydrogen-bond donors (Lipinski definition) is 1. The second kappa shape index (κ2) is 8.59. The quantitative estimate of drug-likeness (QED) is 0.761. The highest BCUT2D eigenvalue weighted by molar-refractivity contribution is 5.78. The fourth-order valence-electron chi connectivity index (χ4n) is 3.52. The summed E-state index contributed by atoms with van der Waals surface area (Å²) >= 11 is 0. The van der Waals surface area contributed by atoms with Crippen LogP contribution in [0.15, 0.2) is 4.52 Å². The Morgan fingerprint density at radius 1 is 1.12 bits per heavy atom. The smallest absolute Gasteiger partial charge is 0.240 e. The summed E-state index contributed by atoms with van der Waals surface area (Å²) in [4.78, 5) is 34.1. The Labute approximate surface area is 153 Å². The lowest BCUT2D eigenvalue weighted by Crippen LogP contribution is -2.51. The standard InChI is InChI=1S/C17H28N6O3/c1-13-18-17(26-20-13)12-22-9-7-21(8-10-22)11-16(25)19-15-3-5-23(6-4-15)14(2)24/h15H,3-12H2,1-2H3,(H,19,25). The molecule has 2 fully saturated rings. The van der Waals surface area contributed by atoms with Crippen molar-refractivity contribution in [2.24, 2.45) is 0 Å². The average Bonchev–Trinajstić information content (AvgIpc) is 3.02. The van der Waals surface area contributed by atoms with Crippen molar-refractivity contribution >= 4 is 11.8 Å². The van der Waals surface area contributed by atoms with Crippen LogP contribution in [0.25, 0.3) is 0 Å². The van der Waals surface area contributed by atoms with Crippen molar-refractivity contribution in [3.05, 3.63) is 11.7 Å². The molecular formula is C17H28N6O3. The molecule has 0 unspecified atom stereocenters. The number of rotatable bonds is 5. The lowest BCUT2D eigenvalue weighted by molar-refractivity contribution is -0.130. The van der Waals surface area contributed by atoms with Crippen LogP contribution in [0, 0.1) is 6.92 Å².